The van der Waals surface area contributed by atoms with E-state index in [2.05, 4.69) is 10.2 Å². The number of nitro benzene ring substituents is 1. The van der Waals surface area contributed by atoms with E-state index in [1.165, 1.54) is 35.4 Å². The van der Waals surface area contributed by atoms with Crippen LogP contribution in [0.4, 0.5) is 15.9 Å². The number of hydrogen-bond donors (Lipinski definition) is 1. The van der Waals surface area contributed by atoms with E-state index < -0.39 is 27.7 Å². The molecular weight excluding hydrogens is 409 g/mol. The molecule has 0 radical (unpaired) electrons. The molecule has 0 amide bonds. The lowest BCUT2D eigenvalue weighted by atomic mass is 10.0. The van der Waals surface area contributed by atoms with E-state index in [-0.39, 0.29) is 29.7 Å². The molecule has 0 atom stereocenters. The van der Waals surface area contributed by atoms with Gasteiger partial charge in [-0.05, 0) is 31.1 Å². The van der Waals surface area contributed by atoms with Crippen molar-refractivity contribution in [3.05, 3.63) is 73.3 Å². The summed E-state index contributed by atoms with van der Waals surface area (Å²) in [6.45, 7) is 0.0590. The Balaban J connectivity index is 1.63. The van der Waals surface area contributed by atoms with Crippen LogP contribution in [0.1, 0.15) is 40.4 Å². The van der Waals surface area contributed by atoms with Crippen molar-refractivity contribution in [3.8, 4) is 0 Å². The van der Waals surface area contributed by atoms with E-state index in [9.17, 15) is 29.2 Å². The Kier molecular flexibility index (Phi) is 4.07. The molecule has 1 fully saturated rings. The van der Waals surface area contributed by atoms with Gasteiger partial charge < -0.3 is 14.6 Å². The Bertz CT molecular complexity index is 1300. The molecule has 0 spiro atoms. The first-order valence-corrected chi connectivity index (χ1v) is 9.42. The van der Waals surface area contributed by atoms with Crippen molar-refractivity contribution in [3.63, 3.8) is 0 Å². The van der Waals surface area contributed by atoms with Crippen molar-refractivity contribution in [1.82, 2.24) is 4.57 Å². The number of halogens is 1. The molecule has 1 aromatic carbocycles. The maximum atomic E-state index is 14.8. The molecular formula is C20H14FN5O5. The number of carboxylic acids is 1. The number of fused-ring (bicyclic) bond motifs is 3. The van der Waals surface area contributed by atoms with Crippen LogP contribution in [0.2, 0.25) is 0 Å². The second kappa shape index (κ2) is 6.69. The summed E-state index contributed by atoms with van der Waals surface area (Å²) in [6.07, 6.45) is 3.92. The Morgan fingerprint density at radius 2 is 1.94 bits per heavy atom. The average Bonchev–Trinajstić information content (AvgIpc) is 3.59. The zero-order chi connectivity index (χ0) is 21.9. The van der Waals surface area contributed by atoms with E-state index >= 15 is 0 Å². The third-order valence-corrected chi connectivity index (χ3v) is 5.39. The molecule has 1 saturated carbocycles. The van der Waals surface area contributed by atoms with E-state index in [0.29, 0.717) is 17.1 Å². The molecule has 156 valence electrons. The van der Waals surface area contributed by atoms with Crippen molar-refractivity contribution in [2.24, 2.45) is 10.2 Å². The van der Waals surface area contributed by atoms with Gasteiger partial charge in [0.2, 0.25) is 5.43 Å². The van der Waals surface area contributed by atoms with E-state index in [1.54, 1.807) is 4.57 Å². The van der Waals surface area contributed by atoms with Gasteiger partial charge in [0.25, 0.3) is 5.69 Å². The number of nitro groups is 1. The first-order chi connectivity index (χ1) is 14.8. The molecule has 1 N–H and O–H groups in total. The number of carbonyl (C=O) groups is 1. The third-order valence-electron chi connectivity index (χ3n) is 5.39. The average molecular weight is 423 g/mol. The van der Waals surface area contributed by atoms with E-state index in [1.807, 2.05) is 0 Å². The Morgan fingerprint density at radius 3 is 2.55 bits per heavy atom. The van der Waals surface area contributed by atoms with Crippen molar-refractivity contribution in [2.45, 2.75) is 18.9 Å². The normalized spacial score (nSPS) is 17.2. The van der Waals surface area contributed by atoms with Crippen molar-refractivity contribution >= 4 is 35.1 Å². The molecule has 2 aromatic rings. The molecule has 3 heterocycles. The molecule has 1 aromatic heterocycles. The summed E-state index contributed by atoms with van der Waals surface area (Å²) in [5, 5.41) is 28.3. The van der Waals surface area contributed by atoms with Crippen LogP contribution >= 0.6 is 0 Å². The van der Waals surface area contributed by atoms with Crippen LogP contribution < -0.4 is 10.3 Å². The lowest BCUT2D eigenvalue weighted by molar-refractivity contribution is -0.384. The minimum Gasteiger partial charge on any atom is -0.477 e. The lowest BCUT2D eigenvalue weighted by Gasteiger charge is -2.34. The fraction of sp³-hybridized carbons (Fsp3) is 0.200. The van der Waals surface area contributed by atoms with Gasteiger partial charge in [-0.25, -0.2) is 9.18 Å². The molecule has 5 rings (SSSR count). The fourth-order valence-corrected chi connectivity index (χ4v) is 3.73. The number of hydrogen-bond acceptors (Lipinski definition) is 7. The number of aromatic carboxylic acids is 1. The topological polar surface area (TPSA) is 130 Å². The molecule has 0 bridgehead atoms. The number of aromatic nitrogens is 1. The number of carboxylic acid groups (broad SMARTS) is 1. The predicted octanol–water partition coefficient (Wildman–Crippen LogP) is 2.74. The highest BCUT2D eigenvalue weighted by molar-refractivity contribution is 6.20. The van der Waals surface area contributed by atoms with Crippen LogP contribution in [0.25, 0.3) is 6.08 Å². The quantitative estimate of drug-likeness (QED) is 0.594. The largest absolute Gasteiger partial charge is 0.477 e. The van der Waals surface area contributed by atoms with Gasteiger partial charge in [0.05, 0.1) is 22.7 Å². The second-order valence-electron chi connectivity index (χ2n) is 7.41. The number of rotatable bonds is 4. The number of nitrogens with zero attached hydrogens (tertiary/aromatic N) is 5. The highest BCUT2D eigenvalue weighted by Gasteiger charge is 2.37. The smallest absolute Gasteiger partial charge is 0.341 e. The molecule has 31 heavy (non-hydrogen) atoms. The number of amidine groups is 1. The number of non-ortho nitro benzene ring substituents is 1. The van der Waals surface area contributed by atoms with Gasteiger partial charge in [-0.15, -0.1) is 5.10 Å². The minimum atomic E-state index is -1.37. The number of anilines is 1. The fourth-order valence-electron chi connectivity index (χ4n) is 3.73. The monoisotopic (exact) mass is 423 g/mol. The SMILES string of the molecule is O=C(O)c1cn(C2CC2)c2c(c1=O)C=C(F)C1=NN=C(c3ccc([N+](=O)[O-])cc3)CN12. The Labute approximate surface area is 173 Å². The van der Waals surface area contributed by atoms with Gasteiger partial charge in [-0.2, -0.15) is 5.10 Å². The van der Waals surface area contributed by atoms with Gasteiger partial charge in [0.15, 0.2) is 11.7 Å². The third kappa shape index (κ3) is 3.01. The molecule has 2 aliphatic heterocycles. The lowest BCUT2D eigenvalue weighted by Crippen LogP contribution is -2.44. The summed E-state index contributed by atoms with van der Waals surface area (Å²) in [7, 11) is 0. The van der Waals surface area contributed by atoms with Crippen molar-refractivity contribution in [2.75, 3.05) is 11.4 Å². The maximum Gasteiger partial charge on any atom is 0.341 e. The van der Waals surface area contributed by atoms with Gasteiger partial charge >= 0.3 is 5.97 Å². The van der Waals surface area contributed by atoms with Crippen LogP contribution in [0, 0.1) is 10.1 Å². The van der Waals surface area contributed by atoms with Crippen LogP contribution in [-0.4, -0.2) is 38.7 Å². The standard InChI is InChI=1S/C20H14FN5O5/c21-15-7-13-17(27)14(20(28)29)8-24(11-5-6-11)19(13)25-9-16(22-23-18(15)25)10-1-3-12(4-2-10)26(30)31/h1-4,7-8,11H,5-6,9H2,(H,28,29). The molecule has 10 nitrogen and oxygen atoms in total. The maximum absolute atomic E-state index is 14.8. The highest BCUT2D eigenvalue weighted by atomic mass is 19.1. The van der Waals surface area contributed by atoms with Gasteiger partial charge in [0.1, 0.15) is 11.4 Å². The molecule has 11 heteroatoms. The first-order valence-electron chi connectivity index (χ1n) is 9.42. The number of benzene rings is 1. The van der Waals surface area contributed by atoms with Crippen LogP contribution in [-0.2, 0) is 0 Å². The molecule has 0 unspecified atom stereocenters. The number of pyridine rings is 1. The van der Waals surface area contributed by atoms with Crippen LogP contribution in [0.5, 0.6) is 0 Å². The molecule has 3 aliphatic rings. The van der Waals surface area contributed by atoms with E-state index in [4.69, 9.17) is 0 Å². The molecule has 0 saturated heterocycles. The van der Waals surface area contributed by atoms with Gasteiger partial charge in [0, 0.05) is 29.9 Å². The van der Waals surface area contributed by atoms with Crippen LogP contribution in [0.15, 0.2) is 51.3 Å². The van der Waals surface area contributed by atoms with Crippen molar-refractivity contribution < 1.29 is 19.2 Å². The summed E-state index contributed by atoms with van der Waals surface area (Å²) in [5.41, 5.74) is -0.327. The predicted molar refractivity (Wildman–Crippen MR) is 109 cm³/mol. The summed E-state index contributed by atoms with van der Waals surface area (Å²) in [5.74, 6) is -1.87. The van der Waals surface area contributed by atoms with Crippen molar-refractivity contribution in [1.29, 1.82) is 0 Å². The summed E-state index contributed by atoms with van der Waals surface area (Å²) in [4.78, 5) is 36.2. The second-order valence-corrected chi connectivity index (χ2v) is 7.41. The zero-order valence-corrected chi connectivity index (χ0v) is 15.9. The summed E-state index contributed by atoms with van der Waals surface area (Å²) < 4.78 is 16.5. The summed E-state index contributed by atoms with van der Waals surface area (Å²) in [6, 6.07) is 5.72. The Hall–Kier alpha value is -4.15. The van der Waals surface area contributed by atoms with Crippen LogP contribution in [0.3, 0.4) is 0 Å². The van der Waals surface area contributed by atoms with Gasteiger partial charge in [-0.1, -0.05) is 0 Å². The first kappa shape index (κ1) is 18.9. The summed E-state index contributed by atoms with van der Waals surface area (Å²) >= 11 is 0. The zero-order valence-electron chi connectivity index (χ0n) is 15.9. The van der Waals surface area contributed by atoms with Gasteiger partial charge in [-0.3, -0.25) is 14.9 Å². The Morgan fingerprint density at radius 1 is 1.23 bits per heavy atom. The highest BCUT2D eigenvalue weighted by Crippen LogP contribution is 2.41. The van der Waals surface area contributed by atoms with E-state index in [0.717, 1.165) is 18.9 Å². The minimum absolute atomic E-state index is 0.00458. The molecule has 1 aliphatic carbocycles.